The molecule has 2 nitrogen and oxygen atoms in total. The highest BCUT2D eigenvalue weighted by Gasteiger charge is 2.10. The van der Waals surface area contributed by atoms with E-state index in [1.165, 1.54) is 55.6 Å². The van der Waals surface area contributed by atoms with Crippen LogP contribution in [0.4, 0.5) is 0 Å². The summed E-state index contributed by atoms with van der Waals surface area (Å²) >= 11 is 0. The number of hydrogen-bond acceptors (Lipinski definition) is 2. The number of nitrogens with zero attached hydrogens (tertiary/aromatic N) is 2. The highest BCUT2D eigenvalue weighted by Crippen LogP contribution is 2.36. The normalized spacial score (nSPS) is 10.9. The van der Waals surface area contributed by atoms with Crippen molar-refractivity contribution >= 4 is 0 Å². The lowest BCUT2D eigenvalue weighted by atomic mass is 9.92. The van der Waals surface area contributed by atoms with Crippen molar-refractivity contribution in [1.82, 2.24) is 9.97 Å². The van der Waals surface area contributed by atoms with Gasteiger partial charge in [0.05, 0.1) is 0 Å². The minimum absolute atomic E-state index is 1.14. The Balaban J connectivity index is 1.12. The number of rotatable bonds is 7. The third kappa shape index (κ3) is 6.20. The van der Waals surface area contributed by atoms with Crippen molar-refractivity contribution in [3.05, 3.63) is 195 Å². The molecule has 0 saturated heterocycles. The van der Waals surface area contributed by atoms with Gasteiger partial charge in [-0.1, -0.05) is 109 Å². The largest absolute Gasteiger partial charge is 0.265 e. The molecule has 6 aromatic carbocycles. The molecule has 0 N–H and O–H groups in total. The highest BCUT2D eigenvalue weighted by atomic mass is 14.6. The first-order chi connectivity index (χ1) is 23.8. The Morgan fingerprint density at radius 1 is 0.188 bits per heavy atom. The monoisotopic (exact) mass is 612 g/mol. The minimum atomic E-state index is 1.14. The van der Waals surface area contributed by atoms with Crippen molar-refractivity contribution < 1.29 is 0 Å². The summed E-state index contributed by atoms with van der Waals surface area (Å²) in [6.45, 7) is 0. The Hall–Kier alpha value is -6.38. The molecule has 0 fully saturated rings. The molecule has 2 aromatic heterocycles. The van der Waals surface area contributed by atoms with Gasteiger partial charge in [0.2, 0.25) is 0 Å². The van der Waals surface area contributed by atoms with Crippen LogP contribution >= 0.6 is 0 Å². The molecule has 0 unspecified atom stereocenters. The van der Waals surface area contributed by atoms with E-state index in [2.05, 4.69) is 180 Å². The lowest BCUT2D eigenvalue weighted by molar-refractivity contribution is 1.33. The maximum Gasteiger partial charge on any atom is 0.0273 e. The zero-order valence-electron chi connectivity index (χ0n) is 26.4. The van der Waals surface area contributed by atoms with E-state index in [1.54, 1.807) is 0 Å². The van der Waals surface area contributed by atoms with Crippen LogP contribution in [0.3, 0.4) is 0 Å². The predicted octanol–water partition coefficient (Wildman–Crippen LogP) is 12.1. The van der Waals surface area contributed by atoms with Crippen LogP contribution in [0.5, 0.6) is 0 Å². The van der Waals surface area contributed by atoms with Crippen LogP contribution in [0.2, 0.25) is 0 Å². The molecule has 8 rings (SSSR count). The first-order valence-corrected chi connectivity index (χ1v) is 16.2. The summed E-state index contributed by atoms with van der Waals surface area (Å²) in [5.41, 5.74) is 16.6. The van der Waals surface area contributed by atoms with Crippen molar-refractivity contribution in [3.8, 4) is 77.9 Å². The topological polar surface area (TPSA) is 25.8 Å². The summed E-state index contributed by atoms with van der Waals surface area (Å²) in [5.74, 6) is 0. The third-order valence-corrected chi connectivity index (χ3v) is 8.87. The molecule has 0 amide bonds. The van der Waals surface area contributed by atoms with E-state index < -0.39 is 0 Å². The molecule has 0 aliphatic carbocycles. The number of aromatic nitrogens is 2. The van der Waals surface area contributed by atoms with E-state index in [-0.39, 0.29) is 0 Å². The van der Waals surface area contributed by atoms with Gasteiger partial charge in [0.25, 0.3) is 0 Å². The van der Waals surface area contributed by atoms with Crippen molar-refractivity contribution in [2.24, 2.45) is 0 Å². The van der Waals surface area contributed by atoms with Gasteiger partial charge < -0.3 is 0 Å². The molecule has 0 atom stereocenters. The van der Waals surface area contributed by atoms with Crippen LogP contribution in [0.25, 0.3) is 77.9 Å². The Bertz CT molecular complexity index is 2250. The zero-order valence-corrected chi connectivity index (χ0v) is 26.4. The molecule has 2 heteroatoms. The van der Waals surface area contributed by atoms with Crippen LogP contribution in [-0.4, -0.2) is 9.97 Å². The van der Waals surface area contributed by atoms with E-state index in [1.807, 2.05) is 24.8 Å². The molecule has 0 spiro atoms. The maximum atomic E-state index is 4.23. The smallest absolute Gasteiger partial charge is 0.0273 e. The fourth-order valence-corrected chi connectivity index (χ4v) is 6.34. The van der Waals surface area contributed by atoms with Gasteiger partial charge in [-0.25, -0.2) is 0 Å². The lowest BCUT2D eigenvalue weighted by Crippen LogP contribution is -1.88. The Morgan fingerprint density at radius 3 is 0.854 bits per heavy atom. The van der Waals surface area contributed by atoms with Crippen LogP contribution in [-0.2, 0) is 0 Å². The predicted molar refractivity (Wildman–Crippen MR) is 200 cm³/mol. The van der Waals surface area contributed by atoms with Gasteiger partial charge in [-0.2, -0.15) is 0 Å². The Kier molecular flexibility index (Phi) is 7.96. The highest BCUT2D eigenvalue weighted by molar-refractivity contribution is 5.84. The van der Waals surface area contributed by atoms with Crippen LogP contribution < -0.4 is 0 Å². The summed E-state index contributed by atoms with van der Waals surface area (Å²) in [7, 11) is 0. The third-order valence-electron chi connectivity index (χ3n) is 8.87. The van der Waals surface area contributed by atoms with Gasteiger partial charge in [-0.3, -0.25) is 9.97 Å². The average Bonchev–Trinajstić information content (AvgIpc) is 3.19. The fourth-order valence-electron chi connectivity index (χ4n) is 6.34. The van der Waals surface area contributed by atoms with Gasteiger partial charge in [0.1, 0.15) is 0 Å². The molecule has 48 heavy (non-hydrogen) atoms. The molecule has 0 radical (unpaired) electrons. The van der Waals surface area contributed by atoms with Crippen LogP contribution in [0.1, 0.15) is 0 Å². The van der Waals surface area contributed by atoms with Crippen molar-refractivity contribution in [2.75, 3.05) is 0 Å². The molecule has 0 bridgehead atoms. The zero-order chi connectivity index (χ0) is 32.1. The van der Waals surface area contributed by atoms with Crippen molar-refractivity contribution in [2.45, 2.75) is 0 Å². The molecule has 8 aromatic rings. The van der Waals surface area contributed by atoms with Gasteiger partial charge in [-0.05, 0) is 139 Å². The molecular formula is C46H32N2. The summed E-state index contributed by atoms with van der Waals surface area (Å²) in [6.07, 6.45) is 7.39. The second kappa shape index (κ2) is 13.2. The van der Waals surface area contributed by atoms with Crippen molar-refractivity contribution in [3.63, 3.8) is 0 Å². The number of benzene rings is 6. The fraction of sp³-hybridized carbons (Fsp3) is 0. The van der Waals surface area contributed by atoms with Gasteiger partial charge in [0, 0.05) is 24.8 Å². The molecule has 0 aliphatic rings. The second-order valence-electron chi connectivity index (χ2n) is 12.0. The van der Waals surface area contributed by atoms with E-state index in [0.717, 1.165) is 22.3 Å². The standard InChI is InChI=1S/C46H32N2/c1-2-7-33(8-3-1)34-15-17-35(18-16-34)38-9-4-10-39(27-38)40-11-5-12-41(28-40)42-13-6-14-43(29-42)46-31-44(36-19-23-47-24-20-36)30-45(32-46)37-21-25-48-26-22-37/h1-32H. The van der Waals surface area contributed by atoms with E-state index in [0.29, 0.717) is 0 Å². The van der Waals surface area contributed by atoms with Gasteiger partial charge in [-0.15, -0.1) is 0 Å². The molecule has 226 valence electrons. The minimum Gasteiger partial charge on any atom is -0.265 e. The average molecular weight is 613 g/mol. The van der Waals surface area contributed by atoms with Crippen molar-refractivity contribution in [1.29, 1.82) is 0 Å². The SMILES string of the molecule is c1ccc(-c2ccc(-c3cccc(-c4cccc(-c5cccc(-c6cc(-c7ccncc7)cc(-c7ccncc7)c6)c5)c4)c3)cc2)cc1. The van der Waals surface area contributed by atoms with Crippen LogP contribution in [0, 0.1) is 0 Å². The first-order valence-electron chi connectivity index (χ1n) is 16.2. The lowest BCUT2D eigenvalue weighted by Gasteiger charge is -2.13. The number of hydrogen-bond donors (Lipinski definition) is 0. The Labute approximate surface area is 281 Å². The van der Waals surface area contributed by atoms with Gasteiger partial charge in [0.15, 0.2) is 0 Å². The molecule has 0 saturated carbocycles. The molecular weight excluding hydrogens is 581 g/mol. The summed E-state index contributed by atoms with van der Waals surface area (Å²) in [4.78, 5) is 8.46. The molecule has 2 heterocycles. The van der Waals surface area contributed by atoms with Crippen LogP contribution in [0.15, 0.2) is 195 Å². The Morgan fingerprint density at radius 2 is 0.438 bits per heavy atom. The first kappa shape index (κ1) is 29.1. The van der Waals surface area contributed by atoms with E-state index in [9.17, 15) is 0 Å². The quantitative estimate of drug-likeness (QED) is 0.179. The summed E-state index contributed by atoms with van der Waals surface area (Å²) in [5, 5.41) is 0. The molecule has 0 aliphatic heterocycles. The van der Waals surface area contributed by atoms with Gasteiger partial charge >= 0.3 is 0 Å². The maximum absolute atomic E-state index is 4.23. The summed E-state index contributed by atoms with van der Waals surface area (Å²) in [6, 6.07) is 60.9. The summed E-state index contributed by atoms with van der Waals surface area (Å²) < 4.78 is 0. The number of pyridine rings is 2. The van der Waals surface area contributed by atoms with E-state index >= 15 is 0 Å². The second-order valence-corrected chi connectivity index (χ2v) is 12.0. The van der Waals surface area contributed by atoms with E-state index in [4.69, 9.17) is 0 Å².